The largest absolute Gasteiger partial charge is 0.313 e. The summed E-state index contributed by atoms with van der Waals surface area (Å²) in [5, 5.41) is 9.72. The monoisotopic (exact) mass is 315 g/mol. The summed E-state index contributed by atoms with van der Waals surface area (Å²) in [6, 6.07) is 0.211. The van der Waals surface area contributed by atoms with Crippen LogP contribution in [0.3, 0.4) is 0 Å². The van der Waals surface area contributed by atoms with Crippen LogP contribution >= 0.6 is 0 Å². The molecule has 7 nitrogen and oxygen atoms in total. The van der Waals surface area contributed by atoms with Gasteiger partial charge in [0.1, 0.15) is 0 Å². The Bertz CT molecular complexity index is 537. The maximum atomic E-state index is 12.4. The van der Waals surface area contributed by atoms with Crippen LogP contribution in [0.5, 0.6) is 0 Å². The highest BCUT2D eigenvalue weighted by molar-refractivity contribution is 7.89. The van der Waals surface area contributed by atoms with Crippen molar-refractivity contribution in [2.24, 2.45) is 0 Å². The Balaban J connectivity index is 1.96. The molecule has 0 spiro atoms. The number of rotatable bonds is 8. The fourth-order valence-corrected chi connectivity index (χ4v) is 3.78. The van der Waals surface area contributed by atoms with E-state index in [1.165, 1.54) is 12.8 Å². The number of H-pyrrole nitrogens is 1. The maximum absolute atomic E-state index is 12.4. The van der Waals surface area contributed by atoms with Crippen LogP contribution in [0.4, 0.5) is 0 Å². The molecule has 120 valence electrons. The van der Waals surface area contributed by atoms with Gasteiger partial charge in [-0.05, 0) is 39.4 Å². The minimum absolute atomic E-state index is 0.164. The molecule has 2 rings (SSSR count). The van der Waals surface area contributed by atoms with Crippen LogP contribution in [-0.4, -0.2) is 55.7 Å². The second-order valence-corrected chi connectivity index (χ2v) is 7.15. The lowest BCUT2D eigenvalue weighted by atomic mass is 10.3. The molecular weight excluding hydrogens is 290 g/mol. The molecular formula is C13H25N5O2S. The highest BCUT2D eigenvalue weighted by Gasteiger charge is 2.23. The molecule has 1 aliphatic heterocycles. The van der Waals surface area contributed by atoms with E-state index in [2.05, 4.69) is 32.1 Å². The van der Waals surface area contributed by atoms with Crippen LogP contribution in [0.15, 0.2) is 11.2 Å². The first-order valence-corrected chi connectivity index (χ1v) is 8.99. The molecule has 0 amide bonds. The van der Waals surface area contributed by atoms with Crippen molar-refractivity contribution < 1.29 is 8.42 Å². The van der Waals surface area contributed by atoms with E-state index in [1.54, 1.807) is 6.20 Å². The van der Waals surface area contributed by atoms with E-state index in [4.69, 9.17) is 0 Å². The van der Waals surface area contributed by atoms with Gasteiger partial charge in [-0.1, -0.05) is 6.92 Å². The van der Waals surface area contributed by atoms with Gasteiger partial charge in [0.25, 0.3) is 10.0 Å². The summed E-state index contributed by atoms with van der Waals surface area (Å²) >= 11 is 0. The van der Waals surface area contributed by atoms with Gasteiger partial charge in [0.2, 0.25) is 0 Å². The zero-order chi connectivity index (χ0) is 15.3. The van der Waals surface area contributed by atoms with Gasteiger partial charge in [-0.25, -0.2) is 13.1 Å². The molecule has 0 saturated carbocycles. The van der Waals surface area contributed by atoms with Crippen molar-refractivity contribution in [3.8, 4) is 0 Å². The van der Waals surface area contributed by atoms with Gasteiger partial charge in [-0.2, -0.15) is 5.10 Å². The minimum Gasteiger partial charge on any atom is -0.313 e. The van der Waals surface area contributed by atoms with E-state index in [-0.39, 0.29) is 11.1 Å². The molecule has 0 bridgehead atoms. The molecule has 0 radical (unpaired) electrons. The number of aromatic nitrogens is 2. The predicted octanol–water partition coefficient (Wildman–Crippen LogP) is 0.282. The summed E-state index contributed by atoms with van der Waals surface area (Å²) < 4.78 is 27.4. The molecule has 1 fully saturated rings. The summed E-state index contributed by atoms with van der Waals surface area (Å²) in [7, 11) is -3.54. The van der Waals surface area contributed by atoms with Gasteiger partial charge in [0.05, 0.1) is 6.20 Å². The smallest absolute Gasteiger partial charge is 0.257 e. The normalized spacial score (nSPS) is 18.2. The summed E-state index contributed by atoms with van der Waals surface area (Å²) in [6.07, 6.45) is 3.95. The first-order chi connectivity index (χ1) is 10.0. The molecule has 1 aromatic heterocycles. The number of sulfonamides is 1. The number of nitrogens with zero attached hydrogens (tertiary/aromatic N) is 2. The standard InChI is InChI=1S/C13H25N5O2S/c1-3-14-9-12-10-15-17-13(12)21(19,20)16-8-11(2)18-6-4-5-7-18/h10-11,14,16H,3-9H2,1-2H3,(H,15,17). The molecule has 1 saturated heterocycles. The average molecular weight is 315 g/mol. The van der Waals surface area contributed by atoms with Crippen molar-refractivity contribution in [1.82, 2.24) is 25.1 Å². The Morgan fingerprint density at radius 3 is 2.81 bits per heavy atom. The van der Waals surface area contributed by atoms with E-state index in [0.29, 0.717) is 18.7 Å². The van der Waals surface area contributed by atoms with Gasteiger partial charge < -0.3 is 5.32 Å². The van der Waals surface area contributed by atoms with Gasteiger partial charge in [-0.15, -0.1) is 0 Å². The van der Waals surface area contributed by atoms with E-state index < -0.39 is 10.0 Å². The lowest BCUT2D eigenvalue weighted by Gasteiger charge is -2.23. The third-order valence-electron chi connectivity index (χ3n) is 3.85. The summed E-state index contributed by atoms with van der Waals surface area (Å²) in [5.74, 6) is 0. The number of nitrogens with one attached hydrogen (secondary N) is 3. The van der Waals surface area contributed by atoms with Crippen molar-refractivity contribution >= 4 is 10.0 Å². The lowest BCUT2D eigenvalue weighted by Crippen LogP contribution is -2.40. The third kappa shape index (κ3) is 4.26. The molecule has 2 heterocycles. The van der Waals surface area contributed by atoms with E-state index >= 15 is 0 Å². The van der Waals surface area contributed by atoms with E-state index in [1.807, 2.05) is 6.92 Å². The molecule has 1 unspecified atom stereocenters. The predicted molar refractivity (Wildman–Crippen MR) is 81.4 cm³/mol. The topological polar surface area (TPSA) is 90.1 Å². The third-order valence-corrected chi connectivity index (χ3v) is 5.28. The Morgan fingerprint density at radius 2 is 2.14 bits per heavy atom. The zero-order valence-corrected chi connectivity index (χ0v) is 13.5. The number of likely N-dealkylation sites (tertiary alicyclic amines) is 1. The molecule has 0 aromatic carbocycles. The first-order valence-electron chi connectivity index (χ1n) is 7.51. The van der Waals surface area contributed by atoms with Crippen molar-refractivity contribution in [2.45, 2.75) is 44.3 Å². The number of hydrogen-bond donors (Lipinski definition) is 3. The molecule has 8 heteroatoms. The summed E-state index contributed by atoms with van der Waals surface area (Å²) in [6.45, 7) is 7.83. The van der Waals surface area contributed by atoms with E-state index in [9.17, 15) is 8.42 Å². The number of hydrogen-bond acceptors (Lipinski definition) is 5. The fourth-order valence-electron chi connectivity index (χ4n) is 2.53. The van der Waals surface area contributed by atoms with Crippen LogP contribution in [0.2, 0.25) is 0 Å². The number of aromatic amines is 1. The van der Waals surface area contributed by atoms with Gasteiger partial charge >= 0.3 is 0 Å². The summed E-state index contributed by atoms with van der Waals surface area (Å²) in [4.78, 5) is 2.31. The Kier molecular flexibility index (Phi) is 5.74. The SMILES string of the molecule is CCNCc1cn[nH]c1S(=O)(=O)NCC(C)N1CCCC1. The Morgan fingerprint density at radius 1 is 1.43 bits per heavy atom. The van der Waals surface area contributed by atoms with Crippen LogP contribution < -0.4 is 10.0 Å². The lowest BCUT2D eigenvalue weighted by molar-refractivity contribution is 0.260. The molecule has 1 aliphatic rings. The highest BCUT2D eigenvalue weighted by atomic mass is 32.2. The van der Waals surface area contributed by atoms with Crippen molar-refractivity contribution in [3.63, 3.8) is 0 Å². The second-order valence-electron chi connectivity index (χ2n) is 5.45. The Hall–Kier alpha value is -0.960. The zero-order valence-electron chi connectivity index (χ0n) is 12.7. The molecule has 21 heavy (non-hydrogen) atoms. The quantitative estimate of drug-likeness (QED) is 0.641. The van der Waals surface area contributed by atoms with Gasteiger partial charge in [-0.3, -0.25) is 10.00 Å². The molecule has 1 aromatic rings. The molecule has 0 aliphatic carbocycles. The van der Waals surface area contributed by atoms with Crippen LogP contribution in [0.1, 0.15) is 32.3 Å². The van der Waals surface area contributed by atoms with Crippen LogP contribution in [0.25, 0.3) is 0 Å². The second kappa shape index (κ2) is 7.35. The molecule has 3 N–H and O–H groups in total. The minimum atomic E-state index is -3.54. The summed E-state index contributed by atoms with van der Waals surface area (Å²) in [5.41, 5.74) is 0.665. The average Bonchev–Trinajstić information content (AvgIpc) is 3.13. The van der Waals surface area contributed by atoms with Gasteiger partial charge in [0, 0.05) is 24.7 Å². The molecule has 1 atom stereocenters. The highest BCUT2D eigenvalue weighted by Crippen LogP contribution is 2.14. The van der Waals surface area contributed by atoms with Crippen LogP contribution in [0, 0.1) is 0 Å². The van der Waals surface area contributed by atoms with Crippen molar-refractivity contribution in [1.29, 1.82) is 0 Å². The fraction of sp³-hybridized carbons (Fsp3) is 0.769. The van der Waals surface area contributed by atoms with Crippen molar-refractivity contribution in [2.75, 3.05) is 26.2 Å². The first kappa shape index (κ1) is 16.4. The Labute approximate surface area is 126 Å². The van der Waals surface area contributed by atoms with Gasteiger partial charge in [0.15, 0.2) is 5.03 Å². The van der Waals surface area contributed by atoms with E-state index in [0.717, 1.165) is 19.6 Å². The maximum Gasteiger partial charge on any atom is 0.257 e. The van der Waals surface area contributed by atoms with Crippen LogP contribution in [-0.2, 0) is 16.6 Å². The van der Waals surface area contributed by atoms with Crippen molar-refractivity contribution in [3.05, 3.63) is 11.8 Å².